The Morgan fingerprint density at radius 1 is 1.08 bits per heavy atom. The molecule has 24 heavy (non-hydrogen) atoms. The minimum atomic E-state index is -0.179. The van der Waals surface area contributed by atoms with Gasteiger partial charge in [-0.15, -0.1) is 5.10 Å². The van der Waals surface area contributed by atoms with E-state index in [1.165, 1.54) is 0 Å². The van der Waals surface area contributed by atoms with E-state index in [4.69, 9.17) is 5.26 Å². The van der Waals surface area contributed by atoms with Crippen LogP contribution >= 0.6 is 0 Å². The molecule has 0 bridgehead atoms. The van der Waals surface area contributed by atoms with E-state index < -0.39 is 0 Å². The number of hydrogen-bond donors (Lipinski definition) is 0. The van der Waals surface area contributed by atoms with Crippen LogP contribution in [-0.2, 0) is 4.79 Å². The van der Waals surface area contributed by atoms with Gasteiger partial charge in [0.1, 0.15) is 6.42 Å². The van der Waals surface area contributed by atoms with Crippen LogP contribution in [0.3, 0.4) is 0 Å². The predicted molar refractivity (Wildman–Crippen MR) is 84.1 cm³/mol. The first-order valence-corrected chi connectivity index (χ1v) is 7.60. The summed E-state index contributed by atoms with van der Waals surface area (Å²) in [6, 6.07) is 9.00. The Labute approximate surface area is 138 Å². The molecule has 122 valence electrons. The molecule has 0 saturated carbocycles. The summed E-state index contributed by atoms with van der Waals surface area (Å²) in [6.07, 6.45) is 3.21. The van der Waals surface area contributed by atoms with E-state index in [9.17, 15) is 9.59 Å². The molecule has 1 fully saturated rings. The molecule has 0 radical (unpaired) electrons. The van der Waals surface area contributed by atoms with Crippen LogP contribution in [0, 0.1) is 11.3 Å². The molecule has 3 rings (SSSR count). The van der Waals surface area contributed by atoms with Crippen molar-refractivity contribution in [2.75, 3.05) is 26.2 Å². The van der Waals surface area contributed by atoms with Crippen molar-refractivity contribution in [1.82, 2.24) is 24.8 Å². The molecule has 0 unspecified atom stereocenters. The number of carbonyl (C=O) groups excluding carboxylic acids is 2. The van der Waals surface area contributed by atoms with Crippen molar-refractivity contribution in [2.24, 2.45) is 0 Å². The highest BCUT2D eigenvalue weighted by Gasteiger charge is 2.24. The summed E-state index contributed by atoms with van der Waals surface area (Å²) >= 11 is 0. The zero-order valence-corrected chi connectivity index (χ0v) is 13.0. The highest BCUT2D eigenvalue weighted by Crippen LogP contribution is 2.12. The largest absolute Gasteiger partial charge is 0.338 e. The summed E-state index contributed by atoms with van der Waals surface area (Å²) in [7, 11) is 0. The average Bonchev–Trinajstić information content (AvgIpc) is 3.16. The molecule has 1 aromatic carbocycles. The molecule has 1 aliphatic heterocycles. The summed E-state index contributed by atoms with van der Waals surface area (Å²) in [5.41, 5.74) is 1.42. The zero-order chi connectivity index (χ0) is 16.9. The van der Waals surface area contributed by atoms with Gasteiger partial charge in [-0.2, -0.15) is 5.26 Å². The van der Waals surface area contributed by atoms with Crippen LogP contribution in [0.2, 0.25) is 0 Å². The number of nitriles is 1. The van der Waals surface area contributed by atoms with Gasteiger partial charge in [-0.1, -0.05) is 5.21 Å². The van der Waals surface area contributed by atoms with Gasteiger partial charge in [0.05, 0.1) is 24.2 Å². The van der Waals surface area contributed by atoms with E-state index in [2.05, 4.69) is 10.3 Å². The number of carbonyl (C=O) groups is 2. The zero-order valence-electron chi connectivity index (χ0n) is 13.0. The third-order valence-corrected chi connectivity index (χ3v) is 3.95. The normalized spacial score (nSPS) is 14.3. The maximum absolute atomic E-state index is 12.5. The fourth-order valence-corrected chi connectivity index (χ4v) is 2.62. The third-order valence-electron chi connectivity index (χ3n) is 3.95. The average molecular weight is 324 g/mol. The second-order valence-electron chi connectivity index (χ2n) is 5.40. The van der Waals surface area contributed by atoms with Gasteiger partial charge in [0.2, 0.25) is 5.91 Å². The summed E-state index contributed by atoms with van der Waals surface area (Å²) in [5, 5.41) is 16.2. The molecule has 0 atom stereocenters. The van der Waals surface area contributed by atoms with Gasteiger partial charge in [-0.3, -0.25) is 9.59 Å². The maximum atomic E-state index is 12.5. The molecule has 1 saturated heterocycles. The fraction of sp³-hybridized carbons (Fsp3) is 0.312. The number of rotatable bonds is 3. The van der Waals surface area contributed by atoms with E-state index in [1.54, 1.807) is 39.0 Å². The van der Waals surface area contributed by atoms with Gasteiger partial charge in [-0.25, -0.2) is 4.68 Å². The van der Waals surface area contributed by atoms with E-state index >= 15 is 0 Å². The summed E-state index contributed by atoms with van der Waals surface area (Å²) in [6.45, 7) is 1.87. The Morgan fingerprint density at radius 2 is 1.75 bits per heavy atom. The number of nitrogens with zero attached hydrogens (tertiary/aromatic N) is 6. The number of hydrogen-bond acceptors (Lipinski definition) is 5. The lowest BCUT2D eigenvalue weighted by atomic mass is 10.1. The van der Waals surface area contributed by atoms with Crippen LogP contribution in [0.1, 0.15) is 16.8 Å². The Hall–Kier alpha value is -3.21. The smallest absolute Gasteiger partial charge is 0.253 e. The number of piperazine rings is 1. The number of aromatic nitrogens is 3. The predicted octanol–water partition coefficient (Wildman–Crippen LogP) is 0.465. The van der Waals surface area contributed by atoms with Crippen molar-refractivity contribution in [3.63, 3.8) is 0 Å². The molecule has 8 heteroatoms. The standard InChI is InChI=1S/C16H16N6O2/c17-6-5-15(23)20-9-11-21(12-10-20)16(24)13-1-3-14(4-2-13)22-8-7-18-19-22/h1-4,7-8H,5,9-12H2. The molecule has 1 aromatic heterocycles. The maximum Gasteiger partial charge on any atom is 0.253 e. The minimum absolute atomic E-state index is 0.0625. The second-order valence-corrected chi connectivity index (χ2v) is 5.40. The molecule has 0 spiro atoms. The Morgan fingerprint density at radius 3 is 2.33 bits per heavy atom. The quantitative estimate of drug-likeness (QED) is 0.817. The highest BCUT2D eigenvalue weighted by atomic mass is 16.2. The summed E-state index contributed by atoms with van der Waals surface area (Å²) < 4.78 is 1.62. The third kappa shape index (κ3) is 3.25. The van der Waals surface area contributed by atoms with Crippen molar-refractivity contribution in [1.29, 1.82) is 5.26 Å². The molecule has 2 aromatic rings. The second kappa shape index (κ2) is 6.91. The van der Waals surface area contributed by atoms with Gasteiger partial charge in [0, 0.05) is 31.7 Å². The summed E-state index contributed by atoms with van der Waals surface area (Å²) in [5.74, 6) is -0.241. The lowest BCUT2D eigenvalue weighted by Crippen LogP contribution is -2.50. The Balaban J connectivity index is 1.61. The van der Waals surface area contributed by atoms with Gasteiger partial charge in [0.25, 0.3) is 5.91 Å². The molecular formula is C16H16N6O2. The first kappa shape index (κ1) is 15.7. The Bertz CT molecular complexity index is 755. The Kier molecular flexibility index (Phi) is 4.52. The molecule has 0 aliphatic carbocycles. The lowest BCUT2D eigenvalue weighted by molar-refractivity contribution is -0.131. The van der Waals surface area contributed by atoms with Crippen molar-refractivity contribution in [2.45, 2.75) is 6.42 Å². The first-order valence-electron chi connectivity index (χ1n) is 7.60. The number of benzene rings is 1. The minimum Gasteiger partial charge on any atom is -0.338 e. The van der Waals surface area contributed by atoms with Crippen LogP contribution in [0.25, 0.3) is 5.69 Å². The van der Waals surface area contributed by atoms with E-state index in [-0.39, 0.29) is 18.2 Å². The number of amides is 2. The SMILES string of the molecule is N#CCC(=O)N1CCN(C(=O)c2ccc(-n3ccnn3)cc2)CC1. The molecule has 0 N–H and O–H groups in total. The van der Waals surface area contributed by atoms with Crippen LogP contribution in [-0.4, -0.2) is 62.8 Å². The fourth-order valence-electron chi connectivity index (χ4n) is 2.62. The van der Waals surface area contributed by atoms with Crippen LogP contribution in [0.15, 0.2) is 36.7 Å². The molecule has 2 amide bonds. The topological polar surface area (TPSA) is 95.1 Å². The van der Waals surface area contributed by atoms with Crippen molar-refractivity contribution < 1.29 is 9.59 Å². The van der Waals surface area contributed by atoms with E-state index in [0.717, 1.165) is 5.69 Å². The highest BCUT2D eigenvalue weighted by molar-refractivity contribution is 5.94. The summed E-state index contributed by atoms with van der Waals surface area (Å²) in [4.78, 5) is 27.6. The molecule has 8 nitrogen and oxygen atoms in total. The van der Waals surface area contributed by atoms with Crippen molar-refractivity contribution in [3.8, 4) is 11.8 Å². The monoisotopic (exact) mass is 324 g/mol. The van der Waals surface area contributed by atoms with Gasteiger partial charge in [0.15, 0.2) is 0 Å². The van der Waals surface area contributed by atoms with Crippen LogP contribution < -0.4 is 0 Å². The van der Waals surface area contributed by atoms with Crippen molar-refractivity contribution in [3.05, 3.63) is 42.2 Å². The molecular weight excluding hydrogens is 308 g/mol. The van der Waals surface area contributed by atoms with Gasteiger partial charge in [-0.05, 0) is 24.3 Å². The molecule has 1 aliphatic rings. The molecule has 2 heterocycles. The van der Waals surface area contributed by atoms with E-state index in [1.807, 2.05) is 18.2 Å². The van der Waals surface area contributed by atoms with Crippen LogP contribution in [0.4, 0.5) is 0 Å². The lowest BCUT2D eigenvalue weighted by Gasteiger charge is -2.34. The first-order chi connectivity index (χ1) is 11.7. The van der Waals surface area contributed by atoms with Crippen LogP contribution in [0.5, 0.6) is 0 Å². The van der Waals surface area contributed by atoms with Gasteiger partial charge < -0.3 is 9.80 Å². The van der Waals surface area contributed by atoms with Crippen molar-refractivity contribution >= 4 is 11.8 Å². The van der Waals surface area contributed by atoms with E-state index in [0.29, 0.717) is 31.7 Å². The van der Waals surface area contributed by atoms with Gasteiger partial charge >= 0.3 is 0 Å².